The fourth-order valence-electron chi connectivity index (χ4n) is 4.79. The zero-order valence-electron chi connectivity index (χ0n) is 22.6. The Hall–Kier alpha value is -3.35. The molecule has 0 bridgehead atoms. The summed E-state index contributed by atoms with van der Waals surface area (Å²) in [4.78, 5) is 42.0. The molecule has 2 aromatic carbocycles. The Labute approximate surface area is 214 Å². The Morgan fingerprint density at radius 1 is 1.06 bits per heavy atom. The molecule has 194 valence electrons. The second-order valence-corrected chi connectivity index (χ2v) is 11.4. The Balaban J connectivity index is 2.24. The van der Waals surface area contributed by atoms with Crippen LogP contribution >= 0.6 is 0 Å². The third kappa shape index (κ3) is 5.55. The topological polar surface area (TPSA) is 87.2 Å². The Kier molecular flexibility index (Phi) is 7.53. The predicted octanol–water partition coefficient (Wildman–Crippen LogP) is 6.70. The molecule has 2 amide bonds. The van der Waals surface area contributed by atoms with Crippen molar-refractivity contribution in [3.05, 3.63) is 59.2 Å². The molecule has 1 N–H and O–H groups in total. The van der Waals surface area contributed by atoms with Crippen molar-refractivity contribution in [1.82, 2.24) is 0 Å². The Morgan fingerprint density at radius 2 is 1.69 bits per heavy atom. The van der Waals surface area contributed by atoms with Gasteiger partial charge in [-0.05, 0) is 74.9 Å². The molecule has 0 radical (unpaired) electrons. The molecule has 7 nitrogen and oxygen atoms in total. The Bertz CT molecular complexity index is 1160. The lowest BCUT2D eigenvalue weighted by Crippen LogP contribution is -2.48. The summed E-state index contributed by atoms with van der Waals surface area (Å²) in [5, 5.41) is 9.80. The average molecular weight is 495 g/mol. The largest absolute Gasteiger partial charge is 0.478 e. The number of ether oxygens (including phenoxy) is 1. The first-order valence-electron chi connectivity index (χ1n) is 12.5. The number of rotatable bonds is 4. The number of nitrogens with zero attached hydrogens (tertiary/aromatic N) is 2. The van der Waals surface area contributed by atoms with E-state index in [1.165, 1.54) is 0 Å². The van der Waals surface area contributed by atoms with Crippen molar-refractivity contribution in [1.29, 1.82) is 0 Å². The molecule has 1 aliphatic rings. The molecule has 0 aromatic heterocycles. The highest BCUT2D eigenvalue weighted by molar-refractivity contribution is 5.97. The summed E-state index contributed by atoms with van der Waals surface area (Å²) in [5.74, 6) is -0.987. The maximum Gasteiger partial charge on any atom is 0.415 e. The summed E-state index contributed by atoms with van der Waals surface area (Å²) in [6.07, 6.45) is 0.367. The fourth-order valence-corrected chi connectivity index (χ4v) is 4.79. The summed E-state index contributed by atoms with van der Waals surface area (Å²) in [7, 11) is 0. The number of carboxylic acids is 1. The molecule has 7 heteroatoms. The molecular weight excluding hydrogens is 456 g/mol. The van der Waals surface area contributed by atoms with Crippen molar-refractivity contribution in [2.75, 3.05) is 9.80 Å². The SMILES string of the molecule is CCC(=O)N1c2ccccc2[C@H](N(C(=O)OC(C)(C)C)c2ccc(C(=O)O)c(C(C)(C)C)c2)C[C@@H]1C. The van der Waals surface area contributed by atoms with E-state index in [4.69, 9.17) is 4.74 Å². The van der Waals surface area contributed by atoms with Crippen LogP contribution in [0.2, 0.25) is 0 Å². The first-order valence-corrected chi connectivity index (χ1v) is 12.5. The van der Waals surface area contributed by atoms with Crippen LogP contribution in [0, 0.1) is 0 Å². The summed E-state index contributed by atoms with van der Waals surface area (Å²) >= 11 is 0. The van der Waals surface area contributed by atoms with Crippen molar-refractivity contribution < 1.29 is 24.2 Å². The van der Waals surface area contributed by atoms with Gasteiger partial charge in [-0.1, -0.05) is 45.9 Å². The number of amides is 2. The maximum atomic E-state index is 13.7. The van der Waals surface area contributed by atoms with Gasteiger partial charge in [-0.3, -0.25) is 9.69 Å². The van der Waals surface area contributed by atoms with Gasteiger partial charge in [-0.15, -0.1) is 0 Å². The van der Waals surface area contributed by atoms with Crippen molar-refractivity contribution in [2.45, 2.75) is 91.3 Å². The minimum absolute atomic E-state index is 0.0260. The van der Waals surface area contributed by atoms with E-state index in [9.17, 15) is 19.5 Å². The van der Waals surface area contributed by atoms with Crippen molar-refractivity contribution in [3.8, 4) is 0 Å². The zero-order valence-corrected chi connectivity index (χ0v) is 22.6. The molecule has 2 aromatic rings. The maximum absolute atomic E-state index is 13.7. The second kappa shape index (κ2) is 9.96. The van der Waals surface area contributed by atoms with Crippen molar-refractivity contribution in [3.63, 3.8) is 0 Å². The van der Waals surface area contributed by atoms with E-state index < -0.39 is 29.1 Å². The number of anilines is 2. The van der Waals surface area contributed by atoms with Crippen LogP contribution in [0.15, 0.2) is 42.5 Å². The van der Waals surface area contributed by atoms with Crippen LogP contribution in [-0.2, 0) is 14.9 Å². The van der Waals surface area contributed by atoms with E-state index in [1.54, 1.807) is 23.1 Å². The molecule has 0 unspecified atom stereocenters. The summed E-state index contributed by atoms with van der Waals surface area (Å²) in [6, 6.07) is 12.1. The lowest BCUT2D eigenvalue weighted by atomic mass is 9.83. The molecule has 0 saturated carbocycles. The van der Waals surface area contributed by atoms with Crippen LogP contribution in [0.5, 0.6) is 0 Å². The minimum Gasteiger partial charge on any atom is -0.478 e. The number of aromatic carboxylic acids is 1. The first-order chi connectivity index (χ1) is 16.7. The third-order valence-corrected chi connectivity index (χ3v) is 6.35. The Morgan fingerprint density at radius 3 is 2.25 bits per heavy atom. The molecule has 0 spiro atoms. The molecule has 36 heavy (non-hydrogen) atoms. The van der Waals surface area contributed by atoms with Crippen LogP contribution in [0.3, 0.4) is 0 Å². The van der Waals surface area contributed by atoms with E-state index in [2.05, 4.69) is 0 Å². The number of fused-ring (bicyclic) bond motifs is 1. The highest BCUT2D eigenvalue weighted by atomic mass is 16.6. The van der Waals surface area contributed by atoms with Gasteiger partial charge in [0.15, 0.2) is 0 Å². The lowest BCUT2D eigenvalue weighted by molar-refractivity contribution is -0.118. The molecule has 1 aliphatic heterocycles. The monoisotopic (exact) mass is 494 g/mol. The number of carboxylic acid groups (broad SMARTS) is 1. The van der Waals surface area contributed by atoms with Crippen LogP contribution < -0.4 is 9.80 Å². The van der Waals surface area contributed by atoms with Crippen LogP contribution in [0.4, 0.5) is 16.2 Å². The van der Waals surface area contributed by atoms with Gasteiger partial charge in [0.1, 0.15) is 5.60 Å². The van der Waals surface area contributed by atoms with Gasteiger partial charge >= 0.3 is 12.1 Å². The quantitative estimate of drug-likeness (QED) is 0.511. The van der Waals surface area contributed by atoms with Gasteiger partial charge in [0, 0.05) is 23.8 Å². The molecule has 1 heterocycles. The van der Waals surface area contributed by atoms with Gasteiger partial charge in [-0.2, -0.15) is 0 Å². The number of para-hydroxylation sites is 1. The standard InChI is InChI=1S/C29H38N2O5/c1-9-25(32)30-18(2)16-24(21-12-10-11-13-23(21)30)31(27(35)36-29(6,7)8)19-14-15-20(26(33)34)22(17-19)28(3,4)5/h10-15,17-18,24H,9,16H2,1-8H3,(H,33,34)/t18-,24+/m0/s1. The number of benzene rings is 2. The number of carbonyl (C=O) groups excluding carboxylic acids is 2. The third-order valence-electron chi connectivity index (χ3n) is 6.35. The van der Waals surface area contributed by atoms with E-state index in [0.717, 1.165) is 11.3 Å². The van der Waals surface area contributed by atoms with Crippen molar-refractivity contribution >= 4 is 29.3 Å². The predicted molar refractivity (Wildman–Crippen MR) is 142 cm³/mol. The highest BCUT2D eigenvalue weighted by Crippen LogP contribution is 2.44. The van der Waals surface area contributed by atoms with E-state index in [1.807, 2.05) is 84.6 Å². The summed E-state index contributed by atoms with van der Waals surface area (Å²) in [5.41, 5.74) is 1.82. The lowest BCUT2D eigenvalue weighted by Gasteiger charge is -2.43. The van der Waals surface area contributed by atoms with Crippen molar-refractivity contribution in [2.24, 2.45) is 0 Å². The van der Waals surface area contributed by atoms with Gasteiger partial charge in [0.05, 0.1) is 11.6 Å². The smallest absolute Gasteiger partial charge is 0.415 e. The average Bonchev–Trinajstić information content (AvgIpc) is 2.77. The van der Waals surface area contributed by atoms with Crippen LogP contribution in [-0.4, -0.2) is 34.7 Å². The number of hydrogen-bond donors (Lipinski definition) is 1. The molecule has 2 atom stereocenters. The highest BCUT2D eigenvalue weighted by Gasteiger charge is 2.40. The number of hydrogen-bond acceptors (Lipinski definition) is 4. The molecule has 0 aliphatic carbocycles. The van der Waals surface area contributed by atoms with Gasteiger partial charge in [0.25, 0.3) is 0 Å². The molecule has 0 saturated heterocycles. The zero-order chi connectivity index (χ0) is 27.0. The fraction of sp³-hybridized carbons (Fsp3) is 0.483. The van der Waals surface area contributed by atoms with E-state index in [0.29, 0.717) is 24.1 Å². The van der Waals surface area contributed by atoms with Crippen LogP contribution in [0.1, 0.15) is 95.8 Å². The number of carbonyl (C=O) groups is 3. The second-order valence-electron chi connectivity index (χ2n) is 11.4. The molecular formula is C29H38N2O5. The van der Waals surface area contributed by atoms with Gasteiger partial charge < -0.3 is 14.7 Å². The van der Waals surface area contributed by atoms with Gasteiger partial charge in [0.2, 0.25) is 5.91 Å². The minimum atomic E-state index is -1.01. The van der Waals surface area contributed by atoms with Gasteiger partial charge in [-0.25, -0.2) is 9.59 Å². The molecule has 0 fully saturated rings. The van der Waals surface area contributed by atoms with E-state index >= 15 is 0 Å². The first kappa shape index (κ1) is 27.2. The normalized spacial score (nSPS) is 17.8. The van der Waals surface area contributed by atoms with Crippen LogP contribution in [0.25, 0.3) is 0 Å². The summed E-state index contributed by atoms with van der Waals surface area (Å²) in [6.45, 7) is 15.1. The molecule has 3 rings (SSSR count). The van der Waals surface area contributed by atoms with E-state index in [-0.39, 0.29) is 17.5 Å². The summed E-state index contributed by atoms with van der Waals surface area (Å²) < 4.78 is 5.85.